The van der Waals surface area contributed by atoms with Crippen molar-refractivity contribution in [2.24, 2.45) is 0 Å². The Labute approximate surface area is 122 Å². The highest BCUT2D eigenvalue weighted by Gasteiger charge is 2.08. The number of benzene rings is 1. The van der Waals surface area contributed by atoms with E-state index >= 15 is 0 Å². The van der Waals surface area contributed by atoms with Gasteiger partial charge in [0.2, 0.25) is 0 Å². The van der Waals surface area contributed by atoms with Crippen molar-refractivity contribution in [3.8, 4) is 0 Å². The Kier molecular flexibility index (Phi) is 3.76. The van der Waals surface area contributed by atoms with Gasteiger partial charge in [0.25, 0.3) is 0 Å². The Bertz CT molecular complexity index is 703. The van der Waals surface area contributed by atoms with Crippen LogP contribution in [0, 0.1) is 0 Å². The van der Waals surface area contributed by atoms with Gasteiger partial charge in [-0.25, -0.2) is 4.98 Å². The van der Waals surface area contributed by atoms with Crippen LogP contribution in [0.3, 0.4) is 0 Å². The molecule has 0 atom stereocenters. The van der Waals surface area contributed by atoms with Gasteiger partial charge in [0.1, 0.15) is 0 Å². The lowest BCUT2D eigenvalue weighted by molar-refractivity contribution is 0.283. The number of aryl methyl sites for hydroxylation is 2. The molecular weight excluding hydrogens is 274 g/mol. The molecule has 1 aromatic carbocycles. The second-order valence-corrected chi connectivity index (χ2v) is 5.26. The van der Waals surface area contributed by atoms with Crippen LogP contribution in [-0.2, 0) is 19.7 Å². The van der Waals surface area contributed by atoms with E-state index in [9.17, 15) is 5.11 Å². The van der Waals surface area contributed by atoms with Gasteiger partial charge in [0.05, 0.1) is 12.9 Å². The number of hydrogen-bond donors (Lipinski definition) is 1. The molecule has 0 radical (unpaired) electrons. The lowest BCUT2D eigenvalue weighted by Gasteiger charge is -2.06. The lowest BCUT2D eigenvalue weighted by Crippen LogP contribution is -2.01. The number of nitrogens with zero attached hydrogens (tertiary/aromatic N) is 3. The van der Waals surface area contributed by atoms with Crippen LogP contribution in [-0.4, -0.2) is 19.2 Å². The fourth-order valence-electron chi connectivity index (χ4n) is 2.49. The molecule has 3 aromatic rings. The standard InChI is InChI=1S/C15H16ClN3O/c16-13-2-3-14-12(10-20)9-19(15(14)8-13)6-1-5-18-7-4-17-11-18/h2-4,7-9,11,20H,1,5-6,10H2. The molecule has 0 spiro atoms. The predicted octanol–water partition coefficient (Wildman–Crippen LogP) is 3.07. The average molecular weight is 290 g/mol. The van der Waals surface area contributed by atoms with Gasteiger partial charge in [-0.15, -0.1) is 0 Å². The van der Waals surface area contributed by atoms with Crippen LogP contribution >= 0.6 is 11.6 Å². The van der Waals surface area contributed by atoms with E-state index in [0.717, 1.165) is 41.0 Å². The van der Waals surface area contributed by atoms with Crippen molar-refractivity contribution in [1.82, 2.24) is 14.1 Å². The zero-order valence-electron chi connectivity index (χ0n) is 11.0. The van der Waals surface area contributed by atoms with Gasteiger partial charge in [-0.05, 0) is 18.6 Å². The number of aliphatic hydroxyl groups is 1. The fourth-order valence-corrected chi connectivity index (χ4v) is 2.66. The lowest BCUT2D eigenvalue weighted by atomic mass is 10.2. The third-order valence-electron chi connectivity index (χ3n) is 3.47. The highest BCUT2D eigenvalue weighted by atomic mass is 35.5. The Balaban J connectivity index is 1.81. The van der Waals surface area contributed by atoms with E-state index in [1.54, 1.807) is 6.20 Å². The first kappa shape index (κ1) is 13.2. The molecule has 0 unspecified atom stereocenters. The molecule has 0 aliphatic rings. The highest BCUT2D eigenvalue weighted by molar-refractivity contribution is 6.31. The molecule has 0 saturated carbocycles. The van der Waals surface area contributed by atoms with Gasteiger partial charge in [0.15, 0.2) is 0 Å². The largest absolute Gasteiger partial charge is 0.392 e. The zero-order chi connectivity index (χ0) is 13.9. The van der Waals surface area contributed by atoms with Gasteiger partial charge in [-0.1, -0.05) is 17.7 Å². The smallest absolute Gasteiger partial charge is 0.0945 e. The highest BCUT2D eigenvalue weighted by Crippen LogP contribution is 2.25. The molecule has 5 heteroatoms. The summed E-state index contributed by atoms with van der Waals surface area (Å²) in [6.07, 6.45) is 8.58. The molecule has 0 aliphatic carbocycles. The van der Waals surface area contributed by atoms with E-state index in [-0.39, 0.29) is 6.61 Å². The number of rotatable bonds is 5. The van der Waals surface area contributed by atoms with Crippen LogP contribution < -0.4 is 0 Å². The van der Waals surface area contributed by atoms with E-state index in [4.69, 9.17) is 11.6 Å². The SMILES string of the molecule is OCc1cn(CCCn2ccnc2)c2cc(Cl)ccc12. The van der Waals surface area contributed by atoms with Crippen molar-refractivity contribution in [2.75, 3.05) is 0 Å². The van der Waals surface area contributed by atoms with Crippen molar-refractivity contribution in [2.45, 2.75) is 26.1 Å². The predicted molar refractivity (Wildman–Crippen MR) is 79.7 cm³/mol. The van der Waals surface area contributed by atoms with Crippen molar-refractivity contribution in [1.29, 1.82) is 0 Å². The van der Waals surface area contributed by atoms with Gasteiger partial charge < -0.3 is 14.2 Å². The molecule has 1 N–H and O–H groups in total. The van der Waals surface area contributed by atoms with Crippen molar-refractivity contribution >= 4 is 22.5 Å². The van der Waals surface area contributed by atoms with Crippen molar-refractivity contribution in [3.05, 3.63) is 53.7 Å². The quantitative estimate of drug-likeness (QED) is 0.784. The van der Waals surface area contributed by atoms with Gasteiger partial charge in [-0.2, -0.15) is 0 Å². The summed E-state index contributed by atoms with van der Waals surface area (Å²) in [6.45, 7) is 1.86. The minimum Gasteiger partial charge on any atom is -0.392 e. The second-order valence-electron chi connectivity index (χ2n) is 4.82. The number of imidazole rings is 1. The van der Waals surface area contributed by atoms with E-state index in [0.29, 0.717) is 0 Å². The first-order valence-corrected chi connectivity index (χ1v) is 6.99. The fraction of sp³-hybridized carbons (Fsp3) is 0.267. The summed E-state index contributed by atoms with van der Waals surface area (Å²) in [5.74, 6) is 0. The van der Waals surface area contributed by atoms with Crippen LogP contribution in [0.15, 0.2) is 43.1 Å². The molecule has 104 valence electrons. The van der Waals surface area contributed by atoms with Crippen molar-refractivity contribution in [3.63, 3.8) is 0 Å². The maximum Gasteiger partial charge on any atom is 0.0945 e. The Morgan fingerprint density at radius 3 is 2.90 bits per heavy atom. The first-order chi connectivity index (χ1) is 9.78. The van der Waals surface area contributed by atoms with Crippen LogP contribution in [0.5, 0.6) is 0 Å². The molecule has 2 aromatic heterocycles. The van der Waals surface area contributed by atoms with E-state index in [2.05, 4.69) is 14.1 Å². The minimum atomic E-state index is 0.0483. The molecule has 20 heavy (non-hydrogen) atoms. The number of hydrogen-bond acceptors (Lipinski definition) is 2. The second kappa shape index (κ2) is 5.69. The number of fused-ring (bicyclic) bond motifs is 1. The molecule has 0 amide bonds. The number of aliphatic hydroxyl groups excluding tert-OH is 1. The van der Waals surface area contributed by atoms with Crippen molar-refractivity contribution < 1.29 is 5.11 Å². The summed E-state index contributed by atoms with van der Waals surface area (Å²) >= 11 is 6.07. The molecule has 0 fully saturated rings. The molecular formula is C15H16ClN3O. The number of halogens is 1. The average Bonchev–Trinajstić information content (AvgIpc) is 3.07. The summed E-state index contributed by atoms with van der Waals surface area (Å²) < 4.78 is 4.22. The molecule has 4 nitrogen and oxygen atoms in total. The summed E-state index contributed by atoms with van der Waals surface area (Å²) in [5.41, 5.74) is 2.02. The van der Waals surface area contributed by atoms with Gasteiger partial charge >= 0.3 is 0 Å². The Morgan fingerprint density at radius 1 is 1.25 bits per heavy atom. The topological polar surface area (TPSA) is 43.0 Å². The van der Waals surface area contributed by atoms with E-state index < -0.39 is 0 Å². The van der Waals surface area contributed by atoms with Crippen LogP contribution in [0.2, 0.25) is 5.02 Å². The molecule has 3 rings (SSSR count). The summed E-state index contributed by atoms with van der Waals surface area (Å²) in [7, 11) is 0. The Morgan fingerprint density at radius 2 is 2.15 bits per heavy atom. The van der Waals surface area contributed by atoms with E-state index in [1.807, 2.05) is 36.9 Å². The monoisotopic (exact) mass is 289 g/mol. The van der Waals surface area contributed by atoms with Gasteiger partial charge in [0, 0.05) is 53.2 Å². The van der Waals surface area contributed by atoms with Crippen LogP contribution in [0.25, 0.3) is 10.9 Å². The molecule has 0 aliphatic heterocycles. The third kappa shape index (κ3) is 2.57. The zero-order valence-corrected chi connectivity index (χ0v) is 11.8. The van der Waals surface area contributed by atoms with Crippen LogP contribution in [0.4, 0.5) is 0 Å². The summed E-state index contributed by atoms with van der Waals surface area (Å²) in [6, 6.07) is 5.78. The number of aromatic nitrogens is 3. The molecule has 0 saturated heterocycles. The van der Waals surface area contributed by atoms with Crippen LogP contribution in [0.1, 0.15) is 12.0 Å². The van der Waals surface area contributed by atoms with Gasteiger partial charge in [-0.3, -0.25) is 0 Å². The minimum absolute atomic E-state index is 0.0483. The molecule has 2 heterocycles. The maximum absolute atomic E-state index is 9.44. The van der Waals surface area contributed by atoms with E-state index in [1.165, 1.54) is 0 Å². The maximum atomic E-state index is 9.44. The third-order valence-corrected chi connectivity index (χ3v) is 3.71. The Hall–Kier alpha value is -1.78. The summed E-state index contributed by atoms with van der Waals surface area (Å²) in [5, 5.41) is 11.2. The normalized spacial score (nSPS) is 11.3. The molecule has 0 bridgehead atoms. The summed E-state index contributed by atoms with van der Waals surface area (Å²) in [4.78, 5) is 4.03. The first-order valence-electron chi connectivity index (χ1n) is 6.62.